The number of methoxy groups -OCH3 is 1. The molecule has 0 bridgehead atoms. The third kappa shape index (κ3) is 4.43. The van der Waals surface area contributed by atoms with Crippen LogP contribution in [0.5, 0.6) is 5.75 Å². The highest BCUT2D eigenvalue weighted by atomic mass is 127. The fourth-order valence-corrected chi connectivity index (χ4v) is 4.45. The maximum Gasteiger partial charge on any atom is 0.244 e. The van der Waals surface area contributed by atoms with E-state index in [1.807, 2.05) is 36.4 Å². The van der Waals surface area contributed by atoms with Gasteiger partial charge in [0, 0.05) is 14.9 Å². The Balaban J connectivity index is 1.78. The van der Waals surface area contributed by atoms with Gasteiger partial charge in [0.1, 0.15) is 15.8 Å². The van der Waals surface area contributed by atoms with Gasteiger partial charge in [0.05, 0.1) is 7.11 Å². The van der Waals surface area contributed by atoms with E-state index in [1.54, 1.807) is 24.9 Å². The van der Waals surface area contributed by atoms with E-state index < -0.39 is 0 Å². The SMILES string of the molecule is COc1ccc(I)cc1C=C1N=C(SCc2ccccc2)SC1=O. The summed E-state index contributed by atoms with van der Waals surface area (Å²) in [7, 11) is 1.62. The Morgan fingerprint density at radius 3 is 2.79 bits per heavy atom. The molecule has 0 aromatic heterocycles. The van der Waals surface area contributed by atoms with E-state index in [0.717, 1.165) is 25.0 Å². The summed E-state index contributed by atoms with van der Waals surface area (Å²) < 4.78 is 7.23. The number of aliphatic imine (C=N–C) groups is 1. The lowest BCUT2D eigenvalue weighted by molar-refractivity contribution is -0.107. The van der Waals surface area contributed by atoms with Gasteiger partial charge in [0.25, 0.3) is 0 Å². The smallest absolute Gasteiger partial charge is 0.244 e. The van der Waals surface area contributed by atoms with Crippen LogP contribution in [0.1, 0.15) is 11.1 Å². The molecule has 0 saturated heterocycles. The number of halogens is 1. The Morgan fingerprint density at radius 1 is 1.25 bits per heavy atom. The van der Waals surface area contributed by atoms with Gasteiger partial charge in [0.15, 0.2) is 0 Å². The Hall–Kier alpha value is -1.25. The molecule has 24 heavy (non-hydrogen) atoms. The molecule has 6 heteroatoms. The first-order valence-electron chi connectivity index (χ1n) is 7.18. The van der Waals surface area contributed by atoms with Gasteiger partial charge in [-0.3, -0.25) is 4.79 Å². The zero-order valence-corrected chi connectivity index (χ0v) is 16.7. The monoisotopic (exact) mass is 467 g/mol. The molecule has 0 saturated carbocycles. The minimum absolute atomic E-state index is 0.0218. The van der Waals surface area contributed by atoms with Gasteiger partial charge in [-0.15, -0.1) is 0 Å². The first kappa shape index (κ1) is 17.6. The van der Waals surface area contributed by atoms with Crippen LogP contribution in [0.25, 0.3) is 6.08 Å². The topological polar surface area (TPSA) is 38.7 Å². The van der Waals surface area contributed by atoms with Crippen LogP contribution >= 0.6 is 46.1 Å². The largest absolute Gasteiger partial charge is 0.496 e. The second-order valence-corrected chi connectivity index (χ2v) is 8.39. The molecule has 1 aliphatic heterocycles. The van der Waals surface area contributed by atoms with Crippen molar-refractivity contribution in [1.29, 1.82) is 0 Å². The molecule has 1 aliphatic rings. The number of benzene rings is 2. The fraction of sp³-hybridized carbons (Fsp3) is 0.111. The molecule has 3 rings (SSSR count). The number of nitrogens with zero attached hydrogens (tertiary/aromatic N) is 1. The van der Waals surface area contributed by atoms with Crippen molar-refractivity contribution in [1.82, 2.24) is 0 Å². The van der Waals surface area contributed by atoms with Gasteiger partial charge in [-0.05, 0) is 64.2 Å². The highest BCUT2D eigenvalue weighted by molar-refractivity contribution is 14.1. The molecule has 0 aliphatic carbocycles. The number of hydrogen-bond donors (Lipinski definition) is 0. The zero-order chi connectivity index (χ0) is 16.9. The summed E-state index contributed by atoms with van der Waals surface area (Å²) in [6.07, 6.45) is 1.80. The molecule has 0 amide bonds. The molecule has 3 nitrogen and oxygen atoms in total. The number of carbonyl (C=O) groups is 1. The molecule has 2 aromatic rings. The Labute approximate surface area is 163 Å². The summed E-state index contributed by atoms with van der Waals surface area (Å²) in [5, 5.41) is -0.0218. The first-order valence-corrected chi connectivity index (χ1v) is 10.1. The standard InChI is InChI=1S/C18H14INO2S2/c1-22-16-8-7-14(19)9-13(16)10-15-17(21)24-18(20-15)23-11-12-5-3-2-4-6-12/h2-10H,11H2,1H3. The summed E-state index contributed by atoms with van der Waals surface area (Å²) in [6, 6.07) is 16.0. The van der Waals surface area contributed by atoms with Crippen LogP contribution in [0.3, 0.4) is 0 Å². The molecular formula is C18H14INO2S2. The van der Waals surface area contributed by atoms with E-state index in [-0.39, 0.29) is 5.12 Å². The quantitative estimate of drug-likeness (QED) is 0.458. The van der Waals surface area contributed by atoms with E-state index in [4.69, 9.17) is 4.74 Å². The average molecular weight is 467 g/mol. The third-order valence-electron chi connectivity index (χ3n) is 3.29. The Bertz CT molecular complexity index is 819. The zero-order valence-electron chi connectivity index (χ0n) is 12.9. The van der Waals surface area contributed by atoms with Crippen LogP contribution in [0, 0.1) is 3.57 Å². The van der Waals surface area contributed by atoms with Crippen molar-refractivity contribution in [3.8, 4) is 5.75 Å². The second kappa shape index (κ2) is 8.22. The predicted molar refractivity (Wildman–Crippen MR) is 111 cm³/mol. The third-order valence-corrected chi connectivity index (χ3v) is 6.04. The number of rotatable bonds is 4. The Morgan fingerprint density at radius 2 is 2.04 bits per heavy atom. The summed E-state index contributed by atoms with van der Waals surface area (Å²) in [4.78, 5) is 16.7. The molecule has 1 heterocycles. The lowest BCUT2D eigenvalue weighted by atomic mass is 10.1. The van der Waals surface area contributed by atoms with Crippen LogP contribution in [0.2, 0.25) is 0 Å². The van der Waals surface area contributed by atoms with E-state index in [2.05, 4.69) is 39.7 Å². The molecule has 122 valence electrons. The van der Waals surface area contributed by atoms with E-state index >= 15 is 0 Å². The van der Waals surface area contributed by atoms with Crippen LogP contribution in [0.15, 0.2) is 59.2 Å². The van der Waals surface area contributed by atoms with Crippen LogP contribution in [0.4, 0.5) is 0 Å². The van der Waals surface area contributed by atoms with Gasteiger partial charge >= 0.3 is 0 Å². The van der Waals surface area contributed by atoms with Crippen molar-refractivity contribution in [3.63, 3.8) is 0 Å². The maximum absolute atomic E-state index is 12.2. The Kier molecular flexibility index (Phi) is 6.02. The van der Waals surface area contributed by atoms with Crippen molar-refractivity contribution < 1.29 is 9.53 Å². The van der Waals surface area contributed by atoms with Crippen LogP contribution in [-0.2, 0) is 10.5 Å². The van der Waals surface area contributed by atoms with E-state index in [9.17, 15) is 4.79 Å². The van der Waals surface area contributed by atoms with Crippen molar-refractivity contribution in [3.05, 3.63) is 68.9 Å². The molecule has 0 spiro atoms. The summed E-state index contributed by atoms with van der Waals surface area (Å²) in [5.74, 6) is 1.54. The summed E-state index contributed by atoms with van der Waals surface area (Å²) in [6.45, 7) is 0. The molecular weight excluding hydrogens is 453 g/mol. The highest BCUT2D eigenvalue weighted by Gasteiger charge is 2.23. The van der Waals surface area contributed by atoms with Crippen molar-refractivity contribution in [2.45, 2.75) is 5.75 Å². The van der Waals surface area contributed by atoms with Crippen LogP contribution in [-0.4, -0.2) is 16.6 Å². The lowest BCUT2D eigenvalue weighted by Gasteiger charge is -2.05. The minimum Gasteiger partial charge on any atom is -0.496 e. The van der Waals surface area contributed by atoms with Gasteiger partial charge < -0.3 is 4.74 Å². The summed E-state index contributed by atoms with van der Waals surface area (Å²) in [5.41, 5.74) is 2.55. The maximum atomic E-state index is 12.2. The van der Waals surface area contributed by atoms with Gasteiger partial charge in [0.2, 0.25) is 5.12 Å². The van der Waals surface area contributed by atoms with Crippen LogP contribution < -0.4 is 4.74 Å². The lowest BCUT2D eigenvalue weighted by Crippen LogP contribution is -1.91. The first-order chi connectivity index (χ1) is 11.7. The van der Waals surface area contributed by atoms with Crippen molar-refractivity contribution in [2.24, 2.45) is 4.99 Å². The number of carbonyl (C=O) groups excluding carboxylic acids is 1. The average Bonchev–Trinajstić information content (AvgIpc) is 2.94. The fourth-order valence-electron chi connectivity index (χ4n) is 2.14. The number of ether oxygens (including phenoxy) is 1. The van der Waals surface area contributed by atoms with Crippen molar-refractivity contribution >= 4 is 61.7 Å². The molecule has 0 unspecified atom stereocenters. The predicted octanol–water partition coefficient (Wildman–Crippen LogP) is 5.20. The molecule has 0 radical (unpaired) electrons. The molecule has 0 atom stereocenters. The van der Waals surface area contributed by atoms with Crippen molar-refractivity contribution in [2.75, 3.05) is 7.11 Å². The second-order valence-electron chi connectivity index (χ2n) is 4.96. The molecule has 0 fully saturated rings. The number of hydrogen-bond acceptors (Lipinski definition) is 5. The van der Waals surface area contributed by atoms with Gasteiger partial charge in [-0.2, -0.15) is 0 Å². The van der Waals surface area contributed by atoms with Gasteiger partial charge in [-0.25, -0.2) is 4.99 Å². The normalized spacial score (nSPS) is 15.7. The minimum atomic E-state index is -0.0218. The molecule has 0 N–H and O–H groups in total. The van der Waals surface area contributed by atoms with E-state index in [0.29, 0.717) is 5.70 Å². The van der Waals surface area contributed by atoms with E-state index in [1.165, 1.54) is 17.3 Å². The summed E-state index contributed by atoms with van der Waals surface area (Å²) >= 11 is 5.02. The van der Waals surface area contributed by atoms with Gasteiger partial charge in [-0.1, -0.05) is 42.1 Å². The molecule has 2 aromatic carbocycles. The highest BCUT2D eigenvalue weighted by Crippen LogP contribution is 2.34. The number of thioether (sulfide) groups is 2.